The predicted molar refractivity (Wildman–Crippen MR) is 49.5 cm³/mol. The zero-order chi connectivity index (χ0) is 11.4. The van der Waals surface area contributed by atoms with Gasteiger partial charge in [-0.1, -0.05) is 6.07 Å². The molecule has 1 aromatic rings. The van der Waals surface area contributed by atoms with E-state index < -0.39 is 27.8 Å². The van der Waals surface area contributed by atoms with Gasteiger partial charge in [0.15, 0.2) is 0 Å². The molecule has 0 spiro atoms. The van der Waals surface area contributed by atoms with E-state index in [1.165, 1.54) is 12.1 Å². The molecule has 0 aliphatic heterocycles. The summed E-state index contributed by atoms with van der Waals surface area (Å²) in [6.07, 6.45) is 0. The van der Waals surface area contributed by atoms with E-state index in [-0.39, 0.29) is 12.2 Å². The Kier molecular flexibility index (Phi) is 3.93. The summed E-state index contributed by atoms with van der Waals surface area (Å²) in [4.78, 5) is 10.6. The van der Waals surface area contributed by atoms with Crippen LogP contribution in [0.2, 0.25) is 0 Å². The quantitative estimate of drug-likeness (QED) is 0.579. The molecule has 0 saturated carbocycles. The largest absolute Gasteiger partial charge is 0.768 e. The maximum atomic E-state index is 13.1. The Labute approximate surface area is 88.3 Å². The monoisotopic (exact) mass is 231 g/mol. The van der Waals surface area contributed by atoms with Crippen LogP contribution in [0, 0.1) is 5.82 Å². The Balaban J connectivity index is 3.23. The van der Waals surface area contributed by atoms with E-state index in [0.717, 1.165) is 6.07 Å². The fourth-order valence-electron chi connectivity index (χ4n) is 1.05. The van der Waals surface area contributed by atoms with Gasteiger partial charge in [0.25, 0.3) is 0 Å². The Morgan fingerprint density at radius 2 is 2.27 bits per heavy atom. The Bertz CT molecular complexity index is 405. The van der Waals surface area contributed by atoms with Gasteiger partial charge in [-0.2, -0.15) is 0 Å². The summed E-state index contributed by atoms with van der Waals surface area (Å²) in [5, 5.41) is 0. The molecule has 1 atom stereocenters. The molecule has 0 aliphatic rings. The number of halogens is 1. The van der Waals surface area contributed by atoms with Crippen molar-refractivity contribution in [1.29, 1.82) is 0 Å². The summed E-state index contributed by atoms with van der Waals surface area (Å²) in [6.45, 7) is 1.67. The predicted octanol–water partition coefficient (Wildman–Crippen LogP) is 1.24. The van der Waals surface area contributed by atoms with Crippen molar-refractivity contribution in [3.63, 3.8) is 0 Å². The SMILES string of the molecule is CCOC(=O)c1cccc(F)c1S(=O)[O-]. The smallest absolute Gasteiger partial charge is 0.339 e. The van der Waals surface area contributed by atoms with Gasteiger partial charge in [-0.25, -0.2) is 9.18 Å². The third-order valence-corrected chi connectivity index (χ3v) is 2.38. The van der Waals surface area contributed by atoms with Crippen molar-refractivity contribution in [2.75, 3.05) is 6.61 Å². The molecule has 0 aliphatic carbocycles. The van der Waals surface area contributed by atoms with Crippen molar-refractivity contribution in [2.45, 2.75) is 11.8 Å². The summed E-state index contributed by atoms with van der Waals surface area (Å²) in [5.41, 5.74) is -0.287. The number of carbonyl (C=O) groups excluding carboxylic acids is 1. The van der Waals surface area contributed by atoms with Crippen molar-refractivity contribution in [3.05, 3.63) is 29.6 Å². The van der Waals surface area contributed by atoms with Crippen LogP contribution >= 0.6 is 0 Å². The topological polar surface area (TPSA) is 66.4 Å². The van der Waals surface area contributed by atoms with Crippen LogP contribution in [0.15, 0.2) is 23.1 Å². The minimum absolute atomic E-state index is 0.0975. The minimum atomic E-state index is -2.80. The van der Waals surface area contributed by atoms with Crippen LogP contribution < -0.4 is 0 Å². The van der Waals surface area contributed by atoms with Crippen LogP contribution in [-0.4, -0.2) is 21.3 Å². The van der Waals surface area contributed by atoms with E-state index in [1.54, 1.807) is 6.92 Å². The Morgan fingerprint density at radius 3 is 2.80 bits per heavy atom. The number of ether oxygens (including phenoxy) is 1. The second-order valence-electron chi connectivity index (χ2n) is 2.57. The molecule has 0 amide bonds. The molecule has 0 saturated heterocycles. The van der Waals surface area contributed by atoms with Crippen molar-refractivity contribution in [1.82, 2.24) is 0 Å². The highest BCUT2D eigenvalue weighted by atomic mass is 32.2. The normalized spacial score (nSPS) is 12.2. The molecule has 0 bridgehead atoms. The summed E-state index contributed by atoms with van der Waals surface area (Å²) < 4.78 is 39.1. The lowest BCUT2D eigenvalue weighted by Gasteiger charge is -2.11. The van der Waals surface area contributed by atoms with Crippen LogP contribution in [0.4, 0.5) is 4.39 Å². The average Bonchev–Trinajstić information content (AvgIpc) is 2.17. The number of carbonyl (C=O) groups is 1. The van der Waals surface area contributed by atoms with Gasteiger partial charge in [0.05, 0.1) is 17.1 Å². The second kappa shape index (κ2) is 4.99. The zero-order valence-electron chi connectivity index (χ0n) is 7.86. The molecule has 0 heterocycles. The van der Waals surface area contributed by atoms with Crippen molar-refractivity contribution < 1.29 is 22.7 Å². The highest BCUT2D eigenvalue weighted by molar-refractivity contribution is 7.79. The fraction of sp³-hybridized carbons (Fsp3) is 0.222. The Morgan fingerprint density at radius 1 is 1.60 bits per heavy atom. The fourth-order valence-corrected chi connectivity index (χ4v) is 1.61. The Hall–Kier alpha value is -1.27. The first-order valence-corrected chi connectivity index (χ1v) is 5.20. The molecule has 0 aromatic heterocycles. The van der Waals surface area contributed by atoms with E-state index >= 15 is 0 Å². The molecule has 1 aromatic carbocycles. The van der Waals surface area contributed by atoms with Gasteiger partial charge in [-0.05, 0) is 30.1 Å². The maximum absolute atomic E-state index is 13.1. The van der Waals surface area contributed by atoms with E-state index in [9.17, 15) is 17.9 Å². The van der Waals surface area contributed by atoms with Gasteiger partial charge in [-0.3, -0.25) is 4.21 Å². The van der Waals surface area contributed by atoms with E-state index in [2.05, 4.69) is 4.74 Å². The second-order valence-corrected chi connectivity index (χ2v) is 3.45. The maximum Gasteiger partial charge on any atom is 0.339 e. The number of esters is 1. The molecule has 15 heavy (non-hydrogen) atoms. The van der Waals surface area contributed by atoms with Crippen LogP contribution in [0.3, 0.4) is 0 Å². The van der Waals surface area contributed by atoms with Gasteiger partial charge < -0.3 is 9.29 Å². The van der Waals surface area contributed by atoms with Gasteiger partial charge in [-0.15, -0.1) is 0 Å². The third-order valence-electron chi connectivity index (χ3n) is 1.63. The van der Waals surface area contributed by atoms with Crippen molar-refractivity contribution in [2.24, 2.45) is 0 Å². The van der Waals surface area contributed by atoms with Gasteiger partial charge in [0.2, 0.25) is 0 Å². The lowest BCUT2D eigenvalue weighted by Crippen LogP contribution is -2.10. The summed E-state index contributed by atoms with van der Waals surface area (Å²) >= 11 is -2.80. The van der Waals surface area contributed by atoms with E-state index in [1.807, 2.05) is 0 Å². The summed E-state index contributed by atoms with van der Waals surface area (Å²) in [7, 11) is 0. The molecule has 6 heteroatoms. The van der Waals surface area contributed by atoms with Crippen LogP contribution in [-0.2, 0) is 15.8 Å². The number of rotatable bonds is 3. The summed E-state index contributed by atoms with van der Waals surface area (Å²) in [5.74, 6) is -1.81. The molecule has 0 radical (unpaired) electrons. The highest BCUT2D eigenvalue weighted by Gasteiger charge is 2.16. The third kappa shape index (κ3) is 2.60. The van der Waals surface area contributed by atoms with Crippen molar-refractivity contribution >= 4 is 17.0 Å². The first kappa shape index (κ1) is 11.8. The van der Waals surface area contributed by atoms with Crippen molar-refractivity contribution in [3.8, 4) is 0 Å². The standard InChI is InChI=1S/C9H9FO4S/c1-2-14-9(11)6-4-3-5-7(10)8(6)15(12)13/h3-5H,2H2,1H3,(H,12,13)/p-1. The number of benzene rings is 1. The average molecular weight is 231 g/mol. The lowest BCUT2D eigenvalue weighted by atomic mass is 10.2. The molecule has 1 unspecified atom stereocenters. The highest BCUT2D eigenvalue weighted by Crippen LogP contribution is 2.17. The van der Waals surface area contributed by atoms with Gasteiger partial charge in [0.1, 0.15) is 5.82 Å². The van der Waals surface area contributed by atoms with Crippen LogP contribution in [0.5, 0.6) is 0 Å². The first-order valence-electron chi connectivity index (χ1n) is 4.12. The van der Waals surface area contributed by atoms with E-state index in [4.69, 9.17) is 0 Å². The lowest BCUT2D eigenvalue weighted by molar-refractivity contribution is 0.0520. The number of hydrogen-bond acceptors (Lipinski definition) is 4. The molecule has 1 rings (SSSR count). The van der Waals surface area contributed by atoms with E-state index in [0.29, 0.717) is 0 Å². The molecule has 82 valence electrons. The molecular formula is C9H8FO4S-. The minimum Gasteiger partial charge on any atom is -0.768 e. The van der Waals surface area contributed by atoms with Gasteiger partial charge in [0, 0.05) is 0 Å². The summed E-state index contributed by atoms with van der Waals surface area (Å²) in [6, 6.07) is 3.41. The molecular weight excluding hydrogens is 223 g/mol. The molecule has 0 N–H and O–H groups in total. The zero-order valence-corrected chi connectivity index (χ0v) is 8.67. The van der Waals surface area contributed by atoms with Gasteiger partial charge >= 0.3 is 5.97 Å². The molecule has 0 fully saturated rings. The van der Waals surface area contributed by atoms with Crippen LogP contribution in [0.25, 0.3) is 0 Å². The van der Waals surface area contributed by atoms with Crippen LogP contribution in [0.1, 0.15) is 17.3 Å². The number of hydrogen-bond donors (Lipinski definition) is 0. The first-order chi connectivity index (χ1) is 7.07. The molecule has 4 nitrogen and oxygen atoms in total.